The first-order chi connectivity index (χ1) is 14.8. The van der Waals surface area contributed by atoms with Crippen LogP contribution < -0.4 is 9.64 Å². The predicted octanol–water partition coefficient (Wildman–Crippen LogP) is 4.57. The maximum Gasteiger partial charge on any atom is 0.140 e. The van der Waals surface area contributed by atoms with Crippen LogP contribution in [-0.4, -0.2) is 33.1 Å². The van der Waals surface area contributed by atoms with Gasteiger partial charge in [0.15, 0.2) is 0 Å². The lowest BCUT2D eigenvalue weighted by molar-refractivity contribution is 0.331. The number of H-pyrrole nitrogens is 1. The Bertz CT molecular complexity index is 1370. The molecule has 146 valence electrons. The number of fused-ring (bicyclic) bond motifs is 3. The van der Waals surface area contributed by atoms with E-state index in [2.05, 4.69) is 61.2 Å². The smallest absolute Gasteiger partial charge is 0.140 e. The largest absolute Gasteiger partial charge is 0.491 e. The molecule has 0 amide bonds. The number of nitrogens with one attached hydrogen (secondary N) is 1. The second kappa shape index (κ2) is 6.84. The number of anilines is 1. The molecule has 0 bridgehead atoms. The summed E-state index contributed by atoms with van der Waals surface area (Å²) in [7, 11) is 0. The Balaban J connectivity index is 1.40. The number of rotatable bonds is 2. The lowest BCUT2D eigenvalue weighted by Crippen LogP contribution is -2.26. The number of nitrogens with zero attached hydrogens (tertiary/aromatic N) is 4. The highest BCUT2D eigenvalue weighted by molar-refractivity contribution is 5.89. The summed E-state index contributed by atoms with van der Waals surface area (Å²) in [5.41, 5.74) is 6.42. The molecule has 0 saturated heterocycles. The quantitative estimate of drug-likeness (QED) is 0.476. The Labute approximate surface area is 173 Å². The number of ether oxygens (including phenoxy) is 1. The summed E-state index contributed by atoms with van der Waals surface area (Å²) < 4.78 is 6.06. The highest BCUT2D eigenvalue weighted by Crippen LogP contribution is 2.32. The molecule has 3 aromatic carbocycles. The van der Waals surface area contributed by atoms with Crippen molar-refractivity contribution < 1.29 is 4.74 Å². The van der Waals surface area contributed by atoms with E-state index in [9.17, 15) is 0 Å². The van der Waals surface area contributed by atoms with Crippen LogP contribution in [0.1, 0.15) is 5.56 Å². The van der Waals surface area contributed by atoms with Crippen molar-refractivity contribution in [3.8, 4) is 16.9 Å². The van der Waals surface area contributed by atoms with Gasteiger partial charge in [-0.2, -0.15) is 0 Å². The van der Waals surface area contributed by atoms with Crippen LogP contribution in [0.2, 0.25) is 0 Å². The van der Waals surface area contributed by atoms with Crippen LogP contribution in [0.3, 0.4) is 0 Å². The third-order valence-corrected chi connectivity index (χ3v) is 5.62. The molecular weight excluding hydrogens is 374 g/mol. The average Bonchev–Trinajstić information content (AvgIpc) is 3.16. The molecule has 0 fully saturated rings. The molecule has 6 heteroatoms. The highest BCUT2D eigenvalue weighted by atomic mass is 16.5. The first-order valence-corrected chi connectivity index (χ1v) is 9.99. The number of hydrogen-bond acceptors (Lipinski definition) is 5. The third-order valence-electron chi connectivity index (χ3n) is 5.62. The Kier molecular flexibility index (Phi) is 3.87. The maximum absolute atomic E-state index is 6.06. The lowest BCUT2D eigenvalue weighted by Gasteiger charge is -2.22. The van der Waals surface area contributed by atoms with Gasteiger partial charge in [-0.25, -0.2) is 15.0 Å². The number of hydrogen-bond donors (Lipinski definition) is 1. The first kappa shape index (κ1) is 17.0. The number of aromatic nitrogens is 4. The Hall–Kier alpha value is -3.93. The topological polar surface area (TPSA) is 66.9 Å². The predicted molar refractivity (Wildman–Crippen MR) is 118 cm³/mol. The van der Waals surface area contributed by atoms with E-state index >= 15 is 0 Å². The van der Waals surface area contributed by atoms with E-state index in [1.165, 1.54) is 0 Å². The normalized spacial score (nSPS) is 13.8. The van der Waals surface area contributed by atoms with Gasteiger partial charge in [-0.05, 0) is 47.5 Å². The van der Waals surface area contributed by atoms with Gasteiger partial charge in [0.2, 0.25) is 0 Å². The van der Waals surface area contributed by atoms with Gasteiger partial charge in [-0.15, -0.1) is 0 Å². The summed E-state index contributed by atoms with van der Waals surface area (Å²) in [6.07, 6.45) is 3.36. The summed E-state index contributed by atoms with van der Waals surface area (Å²) in [4.78, 5) is 18.8. The standard InChI is InChI=1S/C24H19N5O/c1-2-4-20-19(3-1)24(28-15-25-20)29-9-10-30-23-8-6-16(11-18(23)13-29)17-5-7-21-22(12-17)27-14-26-21/h1-8,11-12,14-15H,9-10,13H2,(H,26,27). The van der Waals surface area contributed by atoms with Crippen molar-refractivity contribution in [2.24, 2.45) is 0 Å². The summed E-state index contributed by atoms with van der Waals surface area (Å²) in [5, 5.41) is 1.06. The van der Waals surface area contributed by atoms with E-state index in [4.69, 9.17) is 4.74 Å². The fourth-order valence-electron chi connectivity index (χ4n) is 4.11. The molecule has 1 aliphatic heterocycles. The van der Waals surface area contributed by atoms with Crippen molar-refractivity contribution in [3.05, 3.63) is 78.9 Å². The van der Waals surface area contributed by atoms with Crippen LogP contribution in [0.5, 0.6) is 5.75 Å². The Morgan fingerprint density at radius 3 is 2.77 bits per heavy atom. The summed E-state index contributed by atoms with van der Waals surface area (Å²) in [6, 6.07) is 20.8. The molecule has 3 heterocycles. The SMILES string of the molecule is c1ccc2c(N3CCOc4ccc(-c5ccc6nc[nH]c6c5)cc4C3)ncnc2c1. The van der Waals surface area contributed by atoms with Crippen LogP contribution in [0.15, 0.2) is 73.3 Å². The first-order valence-electron chi connectivity index (χ1n) is 9.99. The third kappa shape index (κ3) is 2.85. The molecule has 0 aliphatic carbocycles. The molecule has 2 aromatic heterocycles. The minimum Gasteiger partial charge on any atom is -0.491 e. The van der Waals surface area contributed by atoms with Gasteiger partial charge < -0.3 is 14.6 Å². The fourth-order valence-corrected chi connectivity index (χ4v) is 4.11. The van der Waals surface area contributed by atoms with E-state index in [1.54, 1.807) is 12.7 Å². The van der Waals surface area contributed by atoms with E-state index in [0.717, 1.165) is 63.3 Å². The number of aromatic amines is 1. The average molecular weight is 393 g/mol. The van der Waals surface area contributed by atoms with Gasteiger partial charge in [0, 0.05) is 17.5 Å². The number of para-hydroxylation sites is 1. The monoisotopic (exact) mass is 393 g/mol. The van der Waals surface area contributed by atoms with Crippen molar-refractivity contribution in [2.75, 3.05) is 18.1 Å². The zero-order chi connectivity index (χ0) is 19.9. The molecule has 5 aromatic rings. The van der Waals surface area contributed by atoms with Gasteiger partial charge in [0.05, 0.1) is 29.4 Å². The number of benzene rings is 3. The zero-order valence-corrected chi connectivity index (χ0v) is 16.2. The Morgan fingerprint density at radius 2 is 1.77 bits per heavy atom. The molecule has 1 N–H and O–H groups in total. The second-order valence-electron chi connectivity index (χ2n) is 7.44. The minimum absolute atomic E-state index is 0.616. The van der Waals surface area contributed by atoms with E-state index in [1.807, 2.05) is 24.3 Å². The second-order valence-corrected chi connectivity index (χ2v) is 7.44. The zero-order valence-electron chi connectivity index (χ0n) is 16.2. The highest BCUT2D eigenvalue weighted by Gasteiger charge is 2.19. The van der Waals surface area contributed by atoms with Crippen LogP contribution in [0.25, 0.3) is 33.1 Å². The fraction of sp³-hybridized carbons (Fsp3) is 0.125. The van der Waals surface area contributed by atoms with Gasteiger partial charge in [0.1, 0.15) is 24.5 Å². The van der Waals surface area contributed by atoms with Gasteiger partial charge in [-0.3, -0.25) is 0 Å². The molecule has 0 atom stereocenters. The molecule has 1 aliphatic rings. The Morgan fingerprint density at radius 1 is 0.867 bits per heavy atom. The molecule has 0 unspecified atom stereocenters. The van der Waals surface area contributed by atoms with Gasteiger partial charge in [0.25, 0.3) is 0 Å². The van der Waals surface area contributed by atoms with Crippen LogP contribution in [-0.2, 0) is 6.54 Å². The van der Waals surface area contributed by atoms with E-state index < -0.39 is 0 Å². The van der Waals surface area contributed by atoms with E-state index in [-0.39, 0.29) is 0 Å². The number of imidazole rings is 1. The maximum atomic E-state index is 6.06. The van der Waals surface area contributed by atoms with Crippen molar-refractivity contribution in [2.45, 2.75) is 6.54 Å². The van der Waals surface area contributed by atoms with Crippen molar-refractivity contribution in [3.63, 3.8) is 0 Å². The summed E-state index contributed by atoms with van der Waals surface area (Å²) in [6.45, 7) is 2.12. The van der Waals surface area contributed by atoms with Gasteiger partial charge in [-0.1, -0.05) is 24.3 Å². The van der Waals surface area contributed by atoms with Crippen LogP contribution >= 0.6 is 0 Å². The van der Waals surface area contributed by atoms with Crippen LogP contribution in [0, 0.1) is 0 Å². The van der Waals surface area contributed by atoms with Gasteiger partial charge >= 0.3 is 0 Å². The lowest BCUT2D eigenvalue weighted by atomic mass is 10.0. The van der Waals surface area contributed by atoms with Crippen LogP contribution in [0.4, 0.5) is 5.82 Å². The van der Waals surface area contributed by atoms with Crippen molar-refractivity contribution in [1.82, 2.24) is 19.9 Å². The molecule has 30 heavy (non-hydrogen) atoms. The molecule has 0 saturated carbocycles. The molecular formula is C24H19N5O. The van der Waals surface area contributed by atoms with Crippen molar-refractivity contribution >= 4 is 27.8 Å². The summed E-state index contributed by atoms with van der Waals surface area (Å²) >= 11 is 0. The molecule has 0 radical (unpaired) electrons. The van der Waals surface area contributed by atoms with E-state index in [0.29, 0.717) is 6.61 Å². The molecule has 6 rings (SSSR count). The minimum atomic E-state index is 0.616. The van der Waals surface area contributed by atoms with Crippen molar-refractivity contribution in [1.29, 1.82) is 0 Å². The molecule has 6 nitrogen and oxygen atoms in total. The molecule has 0 spiro atoms. The summed E-state index contributed by atoms with van der Waals surface area (Å²) in [5.74, 6) is 1.88.